The number of anilines is 1. The average Bonchev–Trinajstić information content (AvgIpc) is 3.34. The molecule has 0 aliphatic rings. The molecule has 7 heteroatoms. The van der Waals surface area contributed by atoms with Crippen molar-refractivity contribution in [3.8, 4) is 5.75 Å². The predicted molar refractivity (Wildman–Crippen MR) is 120 cm³/mol. The summed E-state index contributed by atoms with van der Waals surface area (Å²) in [5, 5.41) is 4.83. The summed E-state index contributed by atoms with van der Waals surface area (Å²) in [7, 11) is 0. The molecular formula is C24H23NO5S. The van der Waals surface area contributed by atoms with E-state index in [0.29, 0.717) is 28.5 Å². The topological polar surface area (TPSA) is 81.7 Å². The van der Waals surface area contributed by atoms with Crippen LogP contribution in [-0.2, 0) is 9.53 Å². The van der Waals surface area contributed by atoms with Gasteiger partial charge < -0.3 is 14.8 Å². The monoisotopic (exact) mass is 437 g/mol. The fourth-order valence-electron chi connectivity index (χ4n) is 2.88. The van der Waals surface area contributed by atoms with Crippen molar-refractivity contribution in [2.24, 2.45) is 0 Å². The van der Waals surface area contributed by atoms with E-state index < -0.39 is 12.0 Å². The van der Waals surface area contributed by atoms with Crippen LogP contribution in [0.3, 0.4) is 0 Å². The van der Waals surface area contributed by atoms with Crippen LogP contribution in [0.2, 0.25) is 0 Å². The van der Waals surface area contributed by atoms with E-state index in [0.717, 1.165) is 0 Å². The molecule has 1 aromatic heterocycles. The number of rotatable bonds is 11. The quantitative estimate of drug-likeness (QED) is 0.348. The van der Waals surface area contributed by atoms with Crippen molar-refractivity contribution >= 4 is 34.6 Å². The molecule has 6 nitrogen and oxygen atoms in total. The molecule has 0 amide bonds. The number of ketones is 2. The van der Waals surface area contributed by atoms with E-state index >= 15 is 0 Å². The van der Waals surface area contributed by atoms with E-state index in [4.69, 9.17) is 9.47 Å². The number of carbonyl (C=O) groups excluding carboxylic acids is 3. The van der Waals surface area contributed by atoms with Crippen molar-refractivity contribution in [2.45, 2.75) is 19.4 Å². The molecule has 0 saturated heterocycles. The lowest BCUT2D eigenvalue weighted by Gasteiger charge is -2.18. The predicted octanol–water partition coefficient (Wildman–Crippen LogP) is 4.63. The Hall–Kier alpha value is -3.45. The number of benzene rings is 2. The smallest absolute Gasteiger partial charge is 0.329 e. The number of thiophene rings is 1. The lowest BCUT2D eigenvalue weighted by atomic mass is 10.0. The third-order valence-electron chi connectivity index (χ3n) is 4.42. The summed E-state index contributed by atoms with van der Waals surface area (Å²) in [4.78, 5) is 38.1. The molecule has 0 saturated carbocycles. The maximum atomic E-state index is 12.7. The van der Waals surface area contributed by atoms with Gasteiger partial charge in [-0.15, -0.1) is 11.3 Å². The lowest BCUT2D eigenvalue weighted by molar-refractivity contribution is -0.143. The molecular weight excluding hydrogens is 414 g/mol. The van der Waals surface area contributed by atoms with Gasteiger partial charge in [-0.1, -0.05) is 36.4 Å². The van der Waals surface area contributed by atoms with Crippen LogP contribution in [0.15, 0.2) is 72.1 Å². The second-order valence-corrected chi connectivity index (χ2v) is 7.60. The standard InChI is InChI=1S/C24H23NO5S/c1-2-29-19-12-10-18(11-13-19)25-20(15-21(26)17-7-4-3-5-8-17)24(28)30-16-22(27)23-9-6-14-31-23/h3-14,20,25H,2,15-16H2,1H3/t20-/m0/s1. The highest BCUT2D eigenvalue weighted by atomic mass is 32.1. The summed E-state index contributed by atoms with van der Waals surface area (Å²) < 4.78 is 10.7. The van der Waals surface area contributed by atoms with Crippen LogP contribution in [-0.4, -0.2) is 36.8 Å². The molecule has 0 spiro atoms. The van der Waals surface area contributed by atoms with Gasteiger partial charge in [0.2, 0.25) is 5.78 Å². The van der Waals surface area contributed by atoms with Gasteiger partial charge in [0.1, 0.15) is 11.8 Å². The first-order chi connectivity index (χ1) is 15.1. The Morgan fingerprint density at radius 3 is 2.32 bits per heavy atom. The molecule has 3 rings (SSSR count). The van der Waals surface area contributed by atoms with Gasteiger partial charge in [-0.3, -0.25) is 9.59 Å². The minimum Gasteiger partial charge on any atom is -0.494 e. The number of hydrogen-bond donors (Lipinski definition) is 1. The lowest BCUT2D eigenvalue weighted by Crippen LogP contribution is -2.34. The maximum Gasteiger partial charge on any atom is 0.329 e. The van der Waals surface area contributed by atoms with Crippen LogP contribution in [0.5, 0.6) is 5.75 Å². The Morgan fingerprint density at radius 1 is 0.935 bits per heavy atom. The number of ether oxygens (including phenoxy) is 2. The van der Waals surface area contributed by atoms with Crippen LogP contribution in [0.25, 0.3) is 0 Å². The summed E-state index contributed by atoms with van der Waals surface area (Å²) in [5.74, 6) is -0.444. The largest absolute Gasteiger partial charge is 0.494 e. The highest BCUT2D eigenvalue weighted by molar-refractivity contribution is 7.12. The van der Waals surface area contributed by atoms with Crippen molar-refractivity contribution in [3.63, 3.8) is 0 Å². The van der Waals surface area contributed by atoms with E-state index in [-0.39, 0.29) is 24.6 Å². The van der Waals surface area contributed by atoms with Crippen LogP contribution >= 0.6 is 11.3 Å². The Morgan fingerprint density at radius 2 is 1.68 bits per heavy atom. The van der Waals surface area contributed by atoms with Crippen molar-refractivity contribution in [3.05, 3.63) is 82.6 Å². The number of nitrogens with one attached hydrogen (secondary N) is 1. The Labute approximate surface area is 184 Å². The number of esters is 1. The first kappa shape index (κ1) is 22.2. The van der Waals surface area contributed by atoms with E-state index in [1.807, 2.05) is 13.0 Å². The Kier molecular flexibility index (Phi) is 7.95. The van der Waals surface area contributed by atoms with Gasteiger partial charge in [-0.25, -0.2) is 4.79 Å². The maximum absolute atomic E-state index is 12.7. The molecule has 0 unspecified atom stereocenters. The summed E-state index contributed by atoms with van der Waals surface area (Å²) in [6.45, 7) is 2.07. The highest BCUT2D eigenvalue weighted by Crippen LogP contribution is 2.19. The molecule has 0 fully saturated rings. The Bertz CT molecular complexity index is 1000. The van der Waals surface area contributed by atoms with Crippen LogP contribution in [0.4, 0.5) is 5.69 Å². The first-order valence-electron chi connectivity index (χ1n) is 9.88. The number of Topliss-reactive ketones (excluding diaryl/α,β-unsaturated/α-hetero) is 2. The molecule has 1 N–H and O–H groups in total. The van der Waals surface area contributed by atoms with Crippen LogP contribution in [0, 0.1) is 0 Å². The van der Waals surface area contributed by atoms with Crippen molar-refractivity contribution < 1.29 is 23.9 Å². The van der Waals surface area contributed by atoms with E-state index in [9.17, 15) is 14.4 Å². The summed E-state index contributed by atoms with van der Waals surface area (Å²) in [6, 6.07) is 18.3. The second kappa shape index (κ2) is 11.1. The molecule has 31 heavy (non-hydrogen) atoms. The molecule has 2 aromatic carbocycles. The van der Waals surface area contributed by atoms with Gasteiger partial charge in [0.15, 0.2) is 12.4 Å². The van der Waals surface area contributed by atoms with Gasteiger partial charge in [0.05, 0.1) is 11.5 Å². The van der Waals surface area contributed by atoms with Crippen molar-refractivity contribution in [1.29, 1.82) is 0 Å². The van der Waals surface area contributed by atoms with E-state index in [2.05, 4.69) is 5.32 Å². The van der Waals surface area contributed by atoms with Crippen LogP contribution < -0.4 is 10.1 Å². The fraction of sp³-hybridized carbons (Fsp3) is 0.208. The third-order valence-corrected chi connectivity index (χ3v) is 5.33. The summed E-state index contributed by atoms with van der Waals surface area (Å²) in [6.07, 6.45) is -0.108. The molecule has 0 aliphatic carbocycles. The van der Waals surface area contributed by atoms with Gasteiger partial charge >= 0.3 is 5.97 Å². The minimum atomic E-state index is -0.943. The molecule has 3 aromatic rings. The number of hydrogen-bond acceptors (Lipinski definition) is 7. The zero-order chi connectivity index (χ0) is 22.1. The third kappa shape index (κ3) is 6.52. The average molecular weight is 438 g/mol. The highest BCUT2D eigenvalue weighted by Gasteiger charge is 2.25. The van der Waals surface area contributed by atoms with Gasteiger partial charge in [-0.05, 0) is 42.6 Å². The molecule has 160 valence electrons. The van der Waals surface area contributed by atoms with E-state index in [1.165, 1.54) is 11.3 Å². The molecule has 0 bridgehead atoms. The normalized spacial score (nSPS) is 11.4. The molecule has 0 radical (unpaired) electrons. The molecule has 1 heterocycles. The summed E-state index contributed by atoms with van der Waals surface area (Å²) in [5.41, 5.74) is 1.14. The summed E-state index contributed by atoms with van der Waals surface area (Å²) >= 11 is 1.28. The van der Waals surface area contributed by atoms with Crippen molar-refractivity contribution in [1.82, 2.24) is 0 Å². The second-order valence-electron chi connectivity index (χ2n) is 6.66. The zero-order valence-electron chi connectivity index (χ0n) is 17.1. The fourth-order valence-corrected chi connectivity index (χ4v) is 3.53. The molecule has 0 aliphatic heterocycles. The zero-order valence-corrected chi connectivity index (χ0v) is 17.9. The van der Waals surface area contributed by atoms with Gasteiger partial charge in [0, 0.05) is 17.7 Å². The minimum absolute atomic E-state index is 0.108. The Balaban J connectivity index is 1.70. The van der Waals surface area contributed by atoms with Gasteiger partial charge in [-0.2, -0.15) is 0 Å². The first-order valence-corrected chi connectivity index (χ1v) is 10.8. The number of carbonyl (C=O) groups is 3. The van der Waals surface area contributed by atoms with Gasteiger partial charge in [0.25, 0.3) is 0 Å². The molecule has 1 atom stereocenters. The van der Waals surface area contributed by atoms with E-state index in [1.54, 1.807) is 66.0 Å². The van der Waals surface area contributed by atoms with Crippen LogP contribution in [0.1, 0.15) is 33.4 Å². The van der Waals surface area contributed by atoms with Crippen molar-refractivity contribution in [2.75, 3.05) is 18.5 Å². The SMILES string of the molecule is CCOc1ccc(N[C@@H](CC(=O)c2ccccc2)C(=O)OCC(=O)c2cccs2)cc1.